The van der Waals surface area contributed by atoms with Crippen LogP contribution in [0, 0.1) is 24.0 Å². The van der Waals surface area contributed by atoms with Gasteiger partial charge >= 0.3 is 5.97 Å². The first-order chi connectivity index (χ1) is 12.0. The largest absolute Gasteiger partial charge is 0.422 e. The fraction of sp³-hybridized carbons (Fsp3) is 0.118. The maximum absolute atomic E-state index is 12.3. The van der Waals surface area contributed by atoms with Crippen molar-refractivity contribution in [2.45, 2.75) is 13.8 Å². The molecule has 0 fully saturated rings. The van der Waals surface area contributed by atoms with Crippen LogP contribution in [0.15, 0.2) is 48.5 Å². The number of hydrogen-bond acceptors (Lipinski definition) is 6. The van der Waals surface area contributed by atoms with Crippen molar-refractivity contribution in [3.63, 3.8) is 0 Å². The van der Waals surface area contributed by atoms with Crippen molar-refractivity contribution in [1.82, 2.24) is 15.0 Å². The van der Waals surface area contributed by atoms with Crippen LogP contribution in [-0.2, 0) is 0 Å². The summed E-state index contributed by atoms with van der Waals surface area (Å²) in [5, 5.41) is 18.7. The fourth-order valence-electron chi connectivity index (χ4n) is 2.38. The lowest BCUT2D eigenvalue weighted by atomic mass is 10.1. The maximum atomic E-state index is 12.3. The van der Waals surface area contributed by atoms with Gasteiger partial charge in [-0.2, -0.15) is 0 Å². The average molecular weight is 338 g/mol. The number of rotatable bonds is 4. The van der Waals surface area contributed by atoms with Crippen molar-refractivity contribution in [2.24, 2.45) is 0 Å². The molecule has 0 saturated carbocycles. The summed E-state index contributed by atoms with van der Waals surface area (Å²) in [6, 6.07) is 13.1. The number of esters is 1. The molecule has 0 N–H and O–H groups in total. The number of para-hydroxylation sites is 1. The molecule has 8 nitrogen and oxygen atoms in total. The molecular formula is C17H14N4O4. The highest BCUT2D eigenvalue weighted by Crippen LogP contribution is 2.22. The molecule has 0 spiro atoms. The summed E-state index contributed by atoms with van der Waals surface area (Å²) in [7, 11) is 0. The van der Waals surface area contributed by atoms with Crippen LogP contribution in [0.5, 0.6) is 5.75 Å². The summed E-state index contributed by atoms with van der Waals surface area (Å²) < 4.78 is 6.73. The zero-order valence-electron chi connectivity index (χ0n) is 13.5. The van der Waals surface area contributed by atoms with E-state index in [0.29, 0.717) is 22.7 Å². The van der Waals surface area contributed by atoms with E-state index in [2.05, 4.69) is 10.3 Å². The number of benzene rings is 2. The Kier molecular flexibility index (Phi) is 4.25. The van der Waals surface area contributed by atoms with Crippen molar-refractivity contribution < 1.29 is 14.5 Å². The molecule has 1 aromatic heterocycles. The third kappa shape index (κ3) is 3.23. The predicted molar refractivity (Wildman–Crippen MR) is 88.9 cm³/mol. The summed E-state index contributed by atoms with van der Waals surface area (Å²) >= 11 is 0. The minimum atomic E-state index is -0.616. The minimum absolute atomic E-state index is 0.0114. The number of carbonyl (C=O) groups is 1. The predicted octanol–water partition coefficient (Wildman–Crippen LogP) is 3.01. The third-order valence-corrected chi connectivity index (χ3v) is 3.66. The van der Waals surface area contributed by atoms with E-state index >= 15 is 0 Å². The molecule has 126 valence electrons. The quantitative estimate of drug-likeness (QED) is 0.314. The molecule has 0 saturated heterocycles. The van der Waals surface area contributed by atoms with Gasteiger partial charge in [0.1, 0.15) is 5.75 Å². The molecule has 3 rings (SSSR count). The molecular weight excluding hydrogens is 324 g/mol. The van der Waals surface area contributed by atoms with Gasteiger partial charge in [0.05, 0.1) is 16.3 Å². The number of non-ortho nitro benzene ring substituents is 1. The first kappa shape index (κ1) is 16.3. The van der Waals surface area contributed by atoms with Gasteiger partial charge in [0.2, 0.25) is 0 Å². The Balaban J connectivity index is 1.91. The van der Waals surface area contributed by atoms with Gasteiger partial charge in [0.25, 0.3) is 5.69 Å². The van der Waals surface area contributed by atoms with E-state index in [4.69, 9.17) is 4.74 Å². The molecule has 0 atom stereocenters. The average Bonchev–Trinajstić information content (AvgIpc) is 2.97. The van der Waals surface area contributed by atoms with Gasteiger partial charge in [-0.15, -0.1) is 5.10 Å². The number of aryl methyl sites for hydroxylation is 1. The zero-order valence-corrected chi connectivity index (χ0v) is 13.5. The van der Waals surface area contributed by atoms with Gasteiger partial charge in [-0.1, -0.05) is 23.4 Å². The molecule has 2 aromatic carbocycles. The van der Waals surface area contributed by atoms with Crippen LogP contribution in [0.1, 0.15) is 21.7 Å². The van der Waals surface area contributed by atoms with Gasteiger partial charge in [-0.25, -0.2) is 9.48 Å². The van der Waals surface area contributed by atoms with Gasteiger partial charge in [0, 0.05) is 12.1 Å². The van der Waals surface area contributed by atoms with Crippen LogP contribution in [0.3, 0.4) is 0 Å². The van der Waals surface area contributed by atoms with Gasteiger partial charge < -0.3 is 4.74 Å². The van der Waals surface area contributed by atoms with Gasteiger partial charge in [-0.3, -0.25) is 10.1 Å². The normalized spacial score (nSPS) is 10.5. The third-order valence-electron chi connectivity index (χ3n) is 3.66. The molecule has 1 heterocycles. The first-order valence-corrected chi connectivity index (χ1v) is 7.42. The Morgan fingerprint density at radius 2 is 1.88 bits per heavy atom. The van der Waals surface area contributed by atoms with Gasteiger partial charge in [-0.05, 0) is 37.6 Å². The second-order valence-electron chi connectivity index (χ2n) is 5.37. The summed E-state index contributed by atoms with van der Waals surface area (Å²) in [4.78, 5) is 22.7. The lowest BCUT2D eigenvalue weighted by molar-refractivity contribution is -0.384. The Hall–Kier alpha value is -3.55. The Morgan fingerprint density at radius 1 is 1.16 bits per heavy atom. The standard InChI is InChI=1S/C17H14N4O4/c1-11-10-13(21(23)24)8-9-15(11)20-12(2)16(18-19-20)17(22)25-14-6-4-3-5-7-14/h3-10H,1-2H3. The summed E-state index contributed by atoms with van der Waals surface area (Å²) in [6.07, 6.45) is 0. The van der Waals surface area contributed by atoms with E-state index in [1.165, 1.54) is 16.8 Å². The number of nitrogens with zero attached hydrogens (tertiary/aromatic N) is 4. The van der Waals surface area contributed by atoms with Crippen LogP contribution >= 0.6 is 0 Å². The van der Waals surface area contributed by atoms with E-state index in [-0.39, 0.29) is 11.4 Å². The fourth-order valence-corrected chi connectivity index (χ4v) is 2.38. The smallest absolute Gasteiger partial charge is 0.366 e. The minimum Gasteiger partial charge on any atom is -0.422 e. The van der Waals surface area contributed by atoms with Crippen molar-refractivity contribution in [3.05, 3.63) is 75.6 Å². The van der Waals surface area contributed by atoms with Crippen molar-refractivity contribution in [1.29, 1.82) is 0 Å². The summed E-state index contributed by atoms with van der Waals surface area (Å²) in [6.45, 7) is 3.41. The second-order valence-corrected chi connectivity index (χ2v) is 5.37. The number of nitro benzene ring substituents is 1. The molecule has 0 aliphatic rings. The lowest BCUT2D eigenvalue weighted by Crippen LogP contribution is -2.11. The van der Waals surface area contributed by atoms with Crippen LogP contribution in [0.2, 0.25) is 0 Å². The number of hydrogen-bond donors (Lipinski definition) is 0. The summed E-state index contributed by atoms with van der Waals surface area (Å²) in [5.41, 5.74) is 1.81. The van der Waals surface area contributed by atoms with E-state index < -0.39 is 10.9 Å². The highest BCUT2D eigenvalue weighted by molar-refractivity contribution is 5.90. The van der Waals surface area contributed by atoms with E-state index in [9.17, 15) is 14.9 Å². The molecule has 0 amide bonds. The second kappa shape index (κ2) is 6.52. The van der Waals surface area contributed by atoms with Crippen LogP contribution in [0.4, 0.5) is 5.69 Å². The van der Waals surface area contributed by atoms with Crippen LogP contribution < -0.4 is 4.74 Å². The molecule has 0 bridgehead atoms. The Labute approximate surface area is 142 Å². The topological polar surface area (TPSA) is 100 Å². The molecule has 8 heteroatoms. The molecule has 0 aliphatic heterocycles. The van der Waals surface area contributed by atoms with Crippen molar-refractivity contribution >= 4 is 11.7 Å². The first-order valence-electron chi connectivity index (χ1n) is 7.42. The molecule has 25 heavy (non-hydrogen) atoms. The SMILES string of the molecule is Cc1cc([N+](=O)[O-])ccc1-n1nnc(C(=O)Oc2ccccc2)c1C. The molecule has 0 aliphatic carbocycles. The molecule has 0 unspecified atom stereocenters. The Morgan fingerprint density at radius 3 is 2.52 bits per heavy atom. The monoisotopic (exact) mass is 338 g/mol. The van der Waals surface area contributed by atoms with E-state index in [1.807, 2.05) is 6.07 Å². The van der Waals surface area contributed by atoms with E-state index in [1.54, 1.807) is 44.2 Å². The number of aromatic nitrogens is 3. The molecule has 0 radical (unpaired) electrons. The van der Waals surface area contributed by atoms with Crippen molar-refractivity contribution in [2.75, 3.05) is 0 Å². The summed E-state index contributed by atoms with van der Waals surface area (Å²) in [5.74, 6) is -0.206. The highest BCUT2D eigenvalue weighted by atomic mass is 16.6. The maximum Gasteiger partial charge on any atom is 0.366 e. The van der Waals surface area contributed by atoms with Crippen LogP contribution in [0.25, 0.3) is 5.69 Å². The lowest BCUT2D eigenvalue weighted by Gasteiger charge is -2.07. The van der Waals surface area contributed by atoms with Crippen LogP contribution in [-0.4, -0.2) is 25.9 Å². The number of nitro groups is 1. The zero-order chi connectivity index (χ0) is 18.0. The molecule has 3 aromatic rings. The number of carbonyl (C=O) groups excluding carboxylic acids is 1. The van der Waals surface area contributed by atoms with Gasteiger partial charge in [0.15, 0.2) is 5.69 Å². The number of ether oxygens (including phenoxy) is 1. The van der Waals surface area contributed by atoms with E-state index in [0.717, 1.165) is 0 Å². The van der Waals surface area contributed by atoms with Crippen molar-refractivity contribution in [3.8, 4) is 11.4 Å². The Bertz CT molecular complexity index is 951. The highest BCUT2D eigenvalue weighted by Gasteiger charge is 2.20.